The molecule has 3 N–H and O–H groups in total. The second-order valence-electron chi connectivity index (χ2n) is 3.90. The Morgan fingerprint density at radius 1 is 1.47 bits per heavy atom. The minimum Gasteiger partial charge on any atom is -0.493 e. The fraction of sp³-hybridized carbons (Fsp3) is 0.333. The fourth-order valence-electron chi connectivity index (χ4n) is 1.24. The zero-order valence-electron chi connectivity index (χ0n) is 9.77. The Balaban J connectivity index is 2.73. The first-order valence-electron chi connectivity index (χ1n) is 5.18. The predicted octanol–water partition coefficient (Wildman–Crippen LogP) is 1.19. The summed E-state index contributed by atoms with van der Waals surface area (Å²) in [4.78, 5) is 21.5. The summed E-state index contributed by atoms with van der Waals surface area (Å²) in [5, 5.41) is 8.79. The molecule has 17 heavy (non-hydrogen) atoms. The summed E-state index contributed by atoms with van der Waals surface area (Å²) in [7, 11) is 0. The second-order valence-corrected chi connectivity index (χ2v) is 3.90. The lowest BCUT2D eigenvalue weighted by Gasteiger charge is -2.12. The van der Waals surface area contributed by atoms with Crippen molar-refractivity contribution in [1.29, 1.82) is 0 Å². The maximum Gasteiger partial charge on any atom is 0.335 e. The first kappa shape index (κ1) is 13.0. The Bertz CT molecular complexity index is 442. The molecule has 0 spiro atoms. The lowest BCUT2D eigenvalue weighted by Crippen LogP contribution is -2.25. The van der Waals surface area contributed by atoms with Gasteiger partial charge in [0, 0.05) is 0 Å². The third-order valence-corrected chi connectivity index (χ3v) is 2.40. The maximum absolute atomic E-state index is 10.8. The summed E-state index contributed by atoms with van der Waals surface area (Å²) in [6.45, 7) is 3.60. The molecule has 92 valence electrons. The number of carboxylic acid groups (broad SMARTS) is 1. The molecule has 0 saturated heterocycles. The minimum atomic E-state index is -0.981. The van der Waals surface area contributed by atoms with Crippen molar-refractivity contribution in [1.82, 2.24) is 0 Å². The minimum absolute atomic E-state index is 0.183. The third kappa shape index (κ3) is 3.48. The van der Waals surface area contributed by atoms with Gasteiger partial charge in [0.15, 0.2) is 0 Å². The monoisotopic (exact) mass is 237 g/mol. The SMILES string of the molecule is Cc1cc(C(=O)O)ccc1OCC(C)C(N)=O. The predicted molar refractivity (Wildman–Crippen MR) is 62.0 cm³/mol. The van der Waals surface area contributed by atoms with E-state index in [1.54, 1.807) is 19.9 Å². The van der Waals surface area contributed by atoms with Crippen LogP contribution in [0.5, 0.6) is 5.75 Å². The van der Waals surface area contributed by atoms with Gasteiger partial charge in [0.25, 0.3) is 0 Å². The van der Waals surface area contributed by atoms with Crippen LogP contribution in [0.4, 0.5) is 0 Å². The van der Waals surface area contributed by atoms with Gasteiger partial charge in [0.1, 0.15) is 5.75 Å². The molecule has 0 aliphatic heterocycles. The normalized spacial score (nSPS) is 11.9. The summed E-state index contributed by atoms with van der Waals surface area (Å²) >= 11 is 0. The van der Waals surface area contributed by atoms with Crippen LogP contribution in [-0.2, 0) is 4.79 Å². The lowest BCUT2D eigenvalue weighted by atomic mass is 10.1. The summed E-state index contributed by atoms with van der Waals surface area (Å²) in [6, 6.07) is 4.55. The van der Waals surface area contributed by atoms with Gasteiger partial charge < -0.3 is 15.6 Å². The molecule has 0 aliphatic rings. The molecule has 0 heterocycles. The van der Waals surface area contributed by atoms with Gasteiger partial charge in [-0.3, -0.25) is 4.79 Å². The van der Waals surface area contributed by atoms with Gasteiger partial charge in [-0.25, -0.2) is 4.79 Å². The van der Waals surface area contributed by atoms with E-state index < -0.39 is 11.9 Å². The Kier molecular flexibility index (Phi) is 4.09. The number of hydrogen-bond donors (Lipinski definition) is 2. The van der Waals surface area contributed by atoms with Crippen molar-refractivity contribution >= 4 is 11.9 Å². The number of ether oxygens (including phenoxy) is 1. The van der Waals surface area contributed by atoms with Gasteiger partial charge in [-0.2, -0.15) is 0 Å². The van der Waals surface area contributed by atoms with Crippen LogP contribution in [0.1, 0.15) is 22.8 Å². The summed E-state index contributed by atoms with van der Waals surface area (Å²) < 4.78 is 5.40. The average Bonchev–Trinajstić information content (AvgIpc) is 2.26. The van der Waals surface area contributed by atoms with Crippen LogP contribution < -0.4 is 10.5 Å². The number of rotatable bonds is 5. The van der Waals surface area contributed by atoms with E-state index in [0.717, 1.165) is 0 Å². The van der Waals surface area contributed by atoms with Gasteiger partial charge in [0.05, 0.1) is 18.1 Å². The molecular formula is C12H15NO4. The standard InChI is InChI=1S/C12H15NO4/c1-7-5-9(12(15)16)3-4-10(7)17-6-8(2)11(13)14/h3-5,8H,6H2,1-2H3,(H2,13,14)(H,15,16). The van der Waals surface area contributed by atoms with Crippen LogP contribution in [0.15, 0.2) is 18.2 Å². The highest BCUT2D eigenvalue weighted by Crippen LogP contribution is 2.19. The smallest absolute Gasteiger partial charge is 0.335 e. The number of amides is 1. The highest BCUT2D eigenvalue weighted by atomic mass is 16.5. The van der Waals surface area contributed by atoms with Gasteiger partial charge in [0.2, 0.25) is 5.91 Å². The zero-order chi connectivity index (χ0) is 13.0. The van der Waals surface area contributed by atoms with Crippen LogP contribution >= 0.6 is 0 Å². The molecule has 0 fully saturated rings. The molecule has 0 aliphatic carbocycles. The molecule has 1 aromatic carbocycles. The highest BCUT2D eigenvalue weighted by molar-refractivity contribution is 5.88. The van der Waals surface area contributed by atoms with E-state index in [1.165, 1.54) is 12.1 Å². The van der Waals surface area contributed by atoms with Crippen molar-refractivity contribution < 1.29 is 19.4 Å². The Morgan fingerprint density at radius 2 is 2.12 bits per heavy atom. The number of primary amides is 1. The van der Waals surface area contributed by atoms with Crippen molar-refractivity contribution in [2.45, 2.75) is 13.8 Å². The largest absolute Gasteiger partial charge is 0.493 e. The van der Waals surface area contributed by atoms with Crippen molar-refractivity contribution in [2.75, 3.05) is 6.61 Å². The third-order valence-electron chi connectivity index (χ3n) is 2.40. The van der Waals surface area contributed by atoms with Gasteiger partial charge in [-0.1, -0.05) is 6.92 Å². The molecule has 1 rings (SSSR count). The van der Waals surface area contributed by atoms with E-state index in [9.17, 15) is 9.59 Å². The Morgan fingerprint density at radius 3 is 2.59 bits per heavy atom. The van der Waals surface area contributed by atoms with E-state index in [1.807, 2.05) is 0 Å². The number of aryl methyl sites for hydroxylation is 1. The van der Waals surface area contributed by atoms with Crippen LogP contribution in [0, 0.1) is 12.8 Å². The number of benzene rings is 1. The van der Waals surface area contributed by atoms with Crippen molar-refractivity contribution in [3.63, 3.8) is 0 Å². The second kappa shape index (κ2) is 5.34. The topological polar surface area (TPSA) is 89.6 Å². The summed E-state index contributed by atoms with van der Waals surface area (Å²) in [5.74, 6) is -1.23. The van der Waals surface area contributed by atoms with Crippen molar-refractivity contribution in [2.24, 2.45) is 11.7 Å². The van der Waals surface area contributed by atoms with Crippen LogP contribution in [-0.4, -0.2) is 23.6 Å². The van der Waals surface area contributed by atoms with E-state index >= 15 is 0 Å². The number of aromatic carboxylic acids is 1. The Labute approximate surface area is 99.2 Å². The van der Waals surface area contributed by atoms with Gasteiger partial charge in [-0.15, -0.1) is 0 Å². The molecule has 5 nitrogen and oxygen atoms in total. The molecule has 1 amide bonds. The highest BCUT2D eigenvalue weighted by Gasteiger charge is 2.11. The molecule has 5 heteroatoms. The molecule has 0 bridgehead atoms. The number of carbonyl (C=O) groups is 2. The quantitative estimate of drug-likeness (QED) is 0.805. The van der Waals surface area contributed by atoms with E-state index in [-0.39, 0.29) is 18.1 Å². The van der Waals surface area contributed by atoms with Crippen LogP contribution in [0.25, 0.3) is 0 Å². The lowest BCUT2D eigenvalue weighted by molar-refractivity contribution is -0.122. The molecule has 0 saturated carbocycles. The van der Waals surface area contributed by atoms with Crippen molar-refractivity contribution in [3.8, 4) is 5.75 Å². The molecule has 0 aromatic heterocycles. The van der Waals surface area contributed by atoms with E-state index in [2.05, 4.69) is 0 Å². The molecule has 0 radical (unpaired) electrons. The number of carbonyl (C=O) groups excluding carboxylic acids is 1. The molecule has 1 aromatic rings. The number of carboxylic acids is 1. The van der Waals surface area contributed by atoms with Crippen LogP contribution in [0.3, 0.4) is 0 Å². The van der Waals surface area contributed by atoms with E-state index in [4.69, 9.17) is 15.6 Å². The maximum atomic E-state index is 10.8. The fourth-order valence-corrected chi connectivity index (χ4v) is 1.24. The van der Waals surface area contributed by atoms with E-state index in [0.29, 0.717) is 11.3 Å². The average molecular weight is 237 g/mol. The number of hydrogen-bond acceptors (Lipinski definition) is 3. The first-order valence-corrected chi connectivity index (χ1v) is 5.18. The molecule has 1 atom stereocenters. The summed E-state index contributed by atoms with van der Waals surface area (Å²) in [6.07, 6.45) is 0. The zero-order valence-corrected chi connectivity index (χ0v) is 9.77. The number of nitrogens with two attached hydrogens (primary N) is 1. The molecular weight excluding hydrogens is 222 g/mol. The molecule has 1 unspecified atom stereocenters. The van der Waals surface area contributed by atoms with Gasteiger partial charge in [-0.05, 0) is 30.7 Å². The Hall–Kier alpha value is -2.04. The van der Waals surface area contributed by atoms with Crippen molar-refractivity contribution in [3.05, 3.63) is 29.3 Å². The first-order chi connectivity index (χ1) is 7.91. The van der Waals surface area contributed by atoms with Gasteiger partial charge >= 0.3 is 5.97 Å². The van der Waals surface area contributed by atoms with Crippen LogP contribution in [0.2, 0.25) is 0 Å². The summed E-state index contributed by atoms with van der Waals surface area (Å²) in [5.41, 5.74) is 6.02.